The summed E-state index contributed by atoms with van der Waals surface area (Å²) >= 11 is 0. The van der Waals surface area contributed by atoms with Gasteiger partial charge in [-0.05, 0) is 6.42 Å². The van der Waals surface area contributed by atoms with Crippen molar-refractivity contribution in [1.29, 1.82) is 0 Å². The highest BCUT2D eigenvalue weighted by atomic mass is 19.4. The van der Waals surface area contributed by atoms with Crippen molar-refractivity contribution in [3.63, 3.8) is 0 Å². The third-order valence-electron chi connectivity index (χ3n) is 3.78. The average Bonchev–Trinajstić information content (AvgIpc) is 2.56. The van der Waals surface area contributed by atoms with Crippen molar-refractivity contribution < 1.29 is 88.5 Å². The van der Waals surface area contributed by atoms with E-state index in [2.05, 4.69) is 0 Å². The van der Waals surface area contributed by atoms with E-state index >= 15 is 0 Å². The van der Waals surface area contributed by atoms with Gasteiger partial charge in [0.15, 0.2) is 0 Å². The molecule has 0 rings (SSSR count). The average molecular weight is 527 g/mol. The zero-order valence-corrected chi connectivity index (χ0v) is 14.1. The van der Waals surface area contributed by atoms with E-state index in [4.69, 9.17) is 5.11 Å². The number of hydrogen-bond donors (Lipinski definition) is 1. The highest BCUT2D eigenvalue weighted by molar-refractivity contribution is 5.19. The minimum atomic E-state index is -9.01. The highest BCUT2D eigenvalue weighted by Crippen LogP contribution is 2.66. The quantitative estimate of drug-likeness (QED) is 0.354. The first-order valence-electron chi connectivity index (χ1n) is 7.08. The molecule has 0 heterocycles. The van der Waals surface area contributed by atoms with Gasteiger partial charge in [0.25, 0.3) is 0 Å². The molecule has 0 fully saturated rings. The number of hydrogen-bond acceptors (Lipinski definition) is 1. The van der Waals surface area contributed by atoms with Gasteiger partial charge < -0.3 is 5.11 Å². The van der Waals surface area contributed by atoms with E-state index in [0.29, 0.717) is 0 Å². The van der Waals surface area contributed by atoms with Gasteiger partial charge >= 0.3 is 53.6 Å². The lowest BCUT2D eigenvalue weighted by Gasteiger charge is -2.45. The van der Waals surface area contributed by atoms with Crippen LogP contribution in [0.25, 0.3) is 0 Å². The molecule has 0 bridgehead atoms. The van der Waals surface area contributed by atoms with E-state index in [0.717, 1.165) is 0 Å². The molecule has 193 valence electrons. The normalized spacial score (nSPS) is 16.5. The maximum Gasteiger partial charge on any atom is 0.438 e. The fraction of sp³-hybridized carbons (Fsp3) is 0.917. The third kappa shape index (κ3) is 3.82. The summed E-state index contributed by atoms with van der Waals surface area (Å²) in [4.78, 5) is 0. The maximum absolute atomic E-state index is 13.4. The Balaban J connectivity index is 6.97. The Bertz CT molecular complexity index is 642. The standard InChI is InChI=1S/C12H6F19O/c13-4(14,2-1-3-32)6(16,17)8(20,21)10(24,25)9(22,23)7(18,19)5(15,11(26,27)28)12(29,30)31/h1,32H,2-3H2. The van der Waals surface area contributed by atoms with Gasteiger partial charge in [-0.2, -0.15) is 79.0 Å². The molecule has 1 N–H and O–H groups in total. The van der Waals surface area contributed by atoms with Crippen molar-refractivity contribution in [1.82, 2.24) is 0 Å². The Hall–Kier alpha value is -1.37. The molecule has 0 aliphatic rings. The van der Waals surface area contributed by atoms with Crippen LogP contribution in [0.3, 0.4) is 0 Å². The van der Waals surface area contributed by atoms with Crippen molar-refractivity contribution in [2.24, 2.45) is 0 Å². The summed E-state index contributed by atoms with van der Waals surface area (Å²) < 4.78 is 246. The Morgan fingerprint density at radius 2 is 0.719 bits per heavy atom. The zero-order chi connectivity index (χ0) is 26.6. The molecule has 0 saturated heterocycles. The molecule has 0 spiro atoms. The van der Waals surface area contributed by atoms with Crippen LogP contribution in [0.5, 0.6) is 0 Å². The van der Waals surface area contributed by atoms with Gasteiger partial charge in [0.2, 0.25) is 0 Å². The van der Waals surface area contributed by atoms with Crippen molar-refractivity contribution in [3.05, 3.63) is 6.42 Å². The molecule has 0 atom stereocenters. The molecule has 20 heteroatoms. The Labute approximate surface area is 163 Å². The van der Waals surface area contributed by atoms with E-state index < -0.39 is 73.0 Å². The minimum Gasteiger partial charge on any atom is -0.396 e. The smallest absolute Gasteiger partial charge is 0.396 e. The number of rotatable bonds is 9. The Morgan fingerprint density at radius 1 is 0.438 bits per heavy atom. The fourth-order valence-electron chi connectivity index (χ4n) is 1.93. The van der Waals surface area contributed by atoms with E-state index in [-0.39, 0.29) is 0 Å². The molecular weight excluding hydrogens is 521 g/mol. The molecule has 0 saturated carbocycles. The summed E-state index contributed by atoms with van der Waals surface area (Å²) in [6, 6.07) is 0. The first kappa shape index (κ1) is 30.6. The third-order valence-corrected chi connectivity index (χ3v) is 3.78. The summed E-state index contributed by atoms with van der Waals surface area (Å²) in [6.07, 6.45) is -19.9. The maximum atomic E-state index is 13.4. The van der Waals surface area contributed by atoms with Gasteiger partial charge in [0, 0.05) is 13.0 Å². The van der Waals surface area contributed by atoms with E-state index in [1.807, 2.05) is 0 Å². The van der Waals surface area contributed by atoms with Gasteiger partial charge in [-0.1, -0.05) is 0 Å². The molecule has 0 unspecified atom stereocenters. The second-order valence-electron chi connectivity index (χ2n) is 5.91. The predicted octanol–water partition coefficient (Wildman–Crippen LogP) is 6.22. The SMILES string of the molecule is OC[CH]CC(F)(F)C(F)(F)C(F)(F)C(F)(F)C(F)(F)C(F)(F)C(F)(C(F)(F)F)C(F)(F)F. The number of alkyl halides is 19. The van der Waals surface area contributed by atoms with Crippen molar-refractivity contribution in [2.45, 2.75) is 60.0 Å². The van der Waals surface area contributed by atoms with Crippen LogP contribution in [0.4, 0.5) is 83.4 Å². The Kier molecular flexibility index (Phi) is 7.51. The van der Waals surface area contributed by atoms with E-state index in [1.54, 1.807) is 0 Å². The van der Waals surface area contributed by atoms with Crippen LogP contribution in [0.15, 0.2) is 0 Å². The minimum absolute atomic E-state index is 0.464. The number of aliphatic hydroxyl groups is 1. The number of halogens is 19. The molecule has 0 aliphatic carbocycles. The van der Waals surface area contributed by atoms with Crippen LogP contribution in [-0.4, -0.2) is 65.3 Å². The Morgan fingerprint density at radius 3 is 1.00 bits per heavy atom. The van der Waals surface area contributed by atoms with E-state index in [9.17, 15) is 83.4 Å². The summed E-state index contributed by atoms with van der Waals surface area (Å²) in [6.45, 7) is -1.66. The first-order valence-corrected chi connectivity index (χ1v) is 7.08. The second-order valence-corrected chi connectivity index (χ2v) is 5.91. The van der Waals surface area contributed by atoms with Gasteiger partial charge in [-0.15, -0.1) is 0 Å². The molecule has 0 aromatic heterocycles. The van der Waals surface area contributed by atoms with Crippen LogP contribution < -0.4 is 0 Å². The van der Waals surface area contributed by atoms with Crippen LogP contribution in [0, 0.1) is 6.42 Å². The molecule has 0 aromatic carbocycles. The summed E-state index contributed by atoms with van der Waals surface area (Å²) in [7, 11) is 0. The summed E-state index contributed by atoms with van der Waals surface area (Å²) in [5.74, 6) is -49.9. The predicted molar refractivity (Wildman–Crippen MR) is 61.6 cm³/mol. The zero-order valence-electron chi connectivity index (χ0n) is 14.1. The topological polar surface area (TPSA) is 20.2 Å². The van der Waals surface area contributed by atoms with Crippen molar-refractivity contribution >= 4 is 0 Å². The van der Waals surface area contributed by atoms with E-state index in [1.165, 1.54) is 0 Å². The fourth-order valence-corrected chi connectivity index (χ4v) is 1.93. The lowest BCUT2D eigenvalue weighted by atomic mass is 9.83. The van der Waals surface area contributed by atoms with Crippen LogP contribution >= 0.6 is 0 Å². The van der Waals surface area contributed by atoms with Gasteiger partial charge in [-0.25, -0.2) is 4.39 Å². The van der Waals surface area contributed by atoms with Gasteiger partial charge in [0.05, 0.1) is 0 Å². The molecule has 0 aromatic rings. The van der Waals surface area contributed by atoms with Crippen LogP contribution in [0.2, 0.25) is 0 Å². The first-order chi connectivity index (χ1) is 13.6. The second kappa shape index (κ2) is 7.85. The number of aliphatic hydroxyl groups excluding tert-OH is 1. The van der Waals surface area contributed by atoms with Crippen molar-refractivity contribution in [3.8, 4) is 0 Å². The van der Waals surface area contributed by atoms with Gasteiger partial charge in [0.1, 0.15) is 0 Å². The molecule has 1 nitrogen and oxygen atoms in total. The largest absolute Gasteiger partial charge is 0.438 e. The van der Waals surface area contributed by atoms with Crippen LogP contribution in [0.1, 0.15) is 6.42 Å². The van der Waals surface area contributed by atoms with Crippen molar-refractivity contribution in [2.75, 3.05) is 6.61 Å². The monoisotopic (exact) mass is 527 g/mol. The molecular formula is C12H6F19O. The highest BCUT2D eigenvalue weighted by Gasteiger charge is 2.98. The lowest BCUT2D eigenvalue weighted by molar-refractivity contribution is -0.472. The summed E-state index contributed by atoms with van der Waals surface area (Å²) in [5.41, 5.74) is -8.74. The van der Waals surface area contributed by atoms with Crippen LogP contribution in [-0.2, 0) is 0 Å². The summed E-state index contributed by atoms with van der Waals surface area (Å²) in [5, 5.41) is 8.09. The molecule has 0 aliphatic heterocycles. The molecule has 32 heavy (non-hydrogen) atoms. The lowest BCUT2D eigenvalue weighted by Crippen LogP contribution is -2.77. The van der Waals surface area contributed by atoms with Gasteiger partial charge in [-0.3, -0.25) is 0 Å². The molecule has 1 radical (unpaired) electrons. The molecule has 0 amide bonds.